The molecule has 2 rings (SSSR count). The van der Waals surface area contributed by atoms with Crippen molar-refractivity contribution >= 4 is 28.9 Å². The fourth-order valence-corrected chi connectivity index (χ4v) is 2.07. The van der Waals surface area contributed by atoms with Crippen LogP contribution in [-0.2, 0) is 11.2 Å². The zero-order chi connectivity index (χ0) is 14.7. The predicted octanol–water partition coefficient (Wildman–Crippen LogP) is 2.88. The van der Waals surface area contributed by atoms with Crippen molar-refractivity contribution in [3.05, 3.63) is 58.1 Å². The minimum atomic E-state index is -0.440. The van der Waals surface area contributed by atoms with E-state index in [1.807, 2.05) is 18.2 Å². The first-order chi connectivity index (χ1) is 9.51. The molecule has 5 heteroatoms. The summed E-state index contributed by atoms with van der Waals surface area (Å²) in [5, 5.41) is 0.536. The van der Waals surface area contributed by atoms with E-state index in [0.717, 1.165) is 11.1 Å². The van der Waals surface area contributed by atoms with Crippen LogP contribution < -0.4 is 11.5 Å². The first kappa shape index (κ1) is 14.2. The number of methoxy groups -OCH3 is 1. The Kier molecular flexibility index (Phi) is 4.15. The Morgan fingerprint density at radius 1 is 1.10 bits per heavy atom. The summed E-state index contributed by atoms with van der Waals surface area (Å²) in [6.45, 7) is 0. The number of benzene rings is 2. The van der Waals surface area contributed by atoms with Gasteiger partial charge < -0.3 is 16.2 Å². The van der Waals surface area contributed by atoms with Gasteiger partial charge in [-0.3, -0.25) is 0 Å². The summed E-state index contributed by atoms with van der Waals surface area (Å²) in [5.41, 5.74) is 14.9. The van der Waals surface area contributed by atoms with Gasteiger partial charge >= 0.3 is 5.97 Å². The fraction of sp³-hybridized carbons (Fsp3) is 0.133. The molecule has 0 amide bonds. The third kappa shape index (κ3) is 3.03. The summed E-state index contributed by atoms with van der Waals surface area (Å²) >= 11 is 5.88. The van der Waals surface area contributed by atoms with E-state index in [0.29, 0.717) is 28.4 Å². The molecule has 0 atom stereocenters. The second-order valence-electron chi connectivity index (χ2n) is 4.45. The predicted molar refractivity (Wildman–Crippen MR) is 80.9 cm³/mol. The van der Waals surface area contributed by atoms with E-state index in [1.165, 1.54) is 7.11 Å². The van der Waals surface area contributed by atoms with E-state index < -0.39 is 5.97 Å². The van der Waals surface area contributed by atoms with Gasteiger partial charge in [0.15, 0.2) is 0 Å². The molecule has 0 saturated heterocycles. The maximum absolute atomic E-state index is 11.5. The normalized spacial score (nSPS) is 10.3. The van der Waals surface area contributed by atoms with Crippen LogP contribution in [0.1, 0.15) is 21.5 Å². The molecule has 0 unspecified atom stereocenters. The summed E-state index contributed by atoms with van der Waals surface area (Å²) in [6.07, 6.45) is 0.660. The van der Waals surface area contributed by atoms with Crippen LogP contribution in [0.25, 0.3) is 0 Å². The van der Waals surface area contributed by atoms with Crippen molar-refractivity contribution < 1.29 is 9.53 Å². The lowest BCUT2D eigenvalue weighted by molar-refractivity contribution is 0.0602. The van der Waals surface area contributed by atoms with Gasteiger partial charge in [0, 0.05) is 5.69 Å². The van der Waals surface area contributed by atoms with Gasteiger partial charge in [0.25, 0.3) is 0 Å². The van der Waals surface area contributed by atoms with Crippen molar-refractivity contribution in [3.8, 4) is 0 Å². The van der Waals surface area contributed by atoms with Crippen molar-refractivity contribution in [3.63, 3.8) is 0 Å². The molecule has 0 radical (unpaired) electrons. The van der Waals surface area contributed by atoms with Crippen LogP contribution in [-0.4, -0.2) is 13.1 Å². The van der Waals surface area contributed by atoms with Crippen LogP contribution in [0.3, 0.4) is 0 Å². The molecule has 4 N–H and O–H groups in total. The average molecular weight is 291 g/mol. The first-order valence-corrected chi connectivity index (χ1v) is 6.39. The van der Waals surface area contributed by atoms with Crippen LogP contribution in [0, 0.1) is 0 Å². The Morgan fingerprint density at radius 2 is 1.70 bits per heavy atom. The Morgan fingerprint density at radius 3 is 2.25 bits per heavy atom. The SMILES string of the molecule is COC(=O)c1ccc(Cc2ccc(Cl)c(N)c2)cc1N. The molecule has 2 aromatic rings. The molecule has 0 bridgehead atoms. The van der Waals surface area contributed by atoms with Crippen molar-refractivity contribution in [2.45, 2.75) is 6.42 Å². The van der Waals surface area contributed by atoms with E-state index in [-0.39, 0.29) is 0 Å². The molecule has 20 heavy (non-hydrogen) atoms. The number of esters is 1. The van der Waals surface area contributed by atoms with Crippen molar-refractivity contribution in [1.82, 2.24) is 0 Å². The van der Waals surface area contributed by atoms with Gasteiger partial charge in [0.2, 0.25) is 0 Å². The highest BCUT2D eigenvalue weighted by Gasteiger charge is 2.10. The zero-order valence-electron chi connectivity index (χ0n) is 11.0. The Bertz CT molecular complexity index is 656. The number of halogens is 1. The lowest BCUT2D eigenvalue weighted by Gasteiger charge is -2.08. The lowest BCUT2D eigenvalue weighted by Crippen LogP contribution is -2.06. The highest BCUT2D eigenvalue weighted by molar-refractivity contribution is 6.33. The second kappa shape index (κ2) is 5.84. The zero-order valence-corrected chi connectivity index (χ0v) is 11.8. The van der Waals surface area contributed by atoms with Crippen molar-refractivity contribution in [1.29, 1.82) is 0 Å². The second-order valence-corrected chi connectivity index (χ2v) is 4.85. The van der Waals surface area contributed by atoms with Crippen LogP contribution in [0.5, 0.6) is 0 Å². The minimum Gasteiger partial charge on any atom is -0.465 e. The number of nitrogens with two attached hydrogens (primary N) is 2. The number of rotatable bonds is 3. The third-order valence-electron chi connectivity index (χ3n) is 2.99. The monoisotopic (exact) mass is 290 g/mol. The molecular weight excluding hydrogens is 276 g/mol. The van der Waals surface area contributed by atoms with Gasteiger partial charge in [-0.05, 0) is 41.8 Å². The molecule has 0 spiro atoms. The Balaban J connectivity index is 2.24. The number of anilines is 2. The highest BCUT2D eigenvalue weighted by Crippen LogP contribution is 2.23. The standard InChI is InChI=1S/C15H15ClN2O2/c1-20-15(19)11-4-2-9(7-13(11)17)6-10-3-5-12(16)14(18)8-10/h2-5,7-8H,6,17-18H2,1H3. The van der Waals surface area contributed by atoms with Crippen LogP contribution in [0.4, 0.5) is 11.4 Å². The molecule has 0 aliphatic heterocycles. The first-order valence-electron chi connectivity index (χ1n) is 6.02. The van der Waals surface area contributed by atoms with E-state index >= 15 is 0 Å². The minimum absolute atomic E-state index is 0.367. The summed E-state index contributed by atoms with van der Waals surface area (Å²) < 4.78 is 4.65. The van der Waals surface area contributed by atoms with Gasteiger partial charge in [-0.15, -0.1) is 0 Å². The lowest BCUT2D eigenvalue weighted by atomic mass is 10.0. The van der Waals surface area contributed by atoms with Gasteiger partial charge in [-0.2, -0.15) is 0 Å². The number of nitrogen functional groups attached to an aromatic ring is 2. The van der Waals surface area contributed by atoms with E-state index in [2.05, 4.69) is 4.74 Å². The molecule has 0 aromatic heterocycles. The molecule has 0 saturated carbocycles. The smallest absolute Gasteiger partial charge is 0.339 e. The molecule has 2 aromatic carbocycles. The van der Waals surface area contributed by atoms with E-state index in [1.54, 1.807) is 18.2 Å². The summed E-state index contributed by atoms with van der Waals surface area (Å²) in [6, 6.07) is 10.8. The molecule has 4 nitrogen and oxygen atoms in total. The Labute approximate surface area is 122 Å². The fourth-order valence-electron chi connectivity index (χ4n) is 1.96. The number of ether oxygens (including phenoxy) is 1. The summed E-state index contributed by atoms with van der Waals surface area (Å²) in [4.78, 5) is 11.5. The number of hydrogen-bond donors (Lipinski definition) is 2. The summed E-state index contributed by atoms with van der Waals surface area (Å²) in [7, 11) is 1.33. The van der Waals surface area contributed by atoms with Crippen LogP contribution >= 0.6 is 11.6 Å². The highest BCUT2D eigenvalue weighted by atomic mass is 35.5. The maximum Gasteiger partial charge on any atom is 0.339 e. The van der Waals surface area contributed by atoms with E-state index in [4.69, 9.17) is 23.1 Å². The van der Waals surface area contributed by atoms with Gasteiger partial charge in [-0.25, -0.2) is 4.79 Å². The largest absolute Gasteiger partial charge is 0.465 e. The van der Waals surface area contributed by atoms with Gasteiger partial charge in [0.1, 0.15) is 0 Å². The maximum atomic E-state index is 11.5. The molecule has 0 aliphatic carbocycles. The van der Waals surface area contributed by atoms with Gasteiger partial charge in [-0.1, -0.05) is 23.7 Å². The topological polar surface area (TPSA) is 78.3 Å². The molecule has 104 valence electrons. The van der Waals surface area contributed by atoms with Crippen molar-refractivity contribution in [2.75, 3.05) is 18.6 Å². The molecular formula is C15H15ClN2O2. The van der Waals surface area contributed by atoms with Crippen LogP contribution in [0.2, 0.25) is 5.02 Å². The number of hydrogen-bond acceptors (Lipinski definition) is 4. The van der Waals surface area contributed by atoms with E-state index in [9.17, 15) is 4.79 Å². The number of carbonyl (C=O) groups is 1. The molecule has 0 heterocycles. The third-order valence-corrected chi connectivity index (χ3v) is 3.33. The molecule has 0 aliphatic rings. The van der Waals surface area contributed by atoms with Crippen LogP contribution in [0.15, 0.2) is 36.4 Å². The number of carbonyl (C=O) groups excluding carboxylic acids is 1. The quantitative estimate of drug-likeness (QED) is 0.673. The Hall–Kier alpha value is -2.20. The van der Waals surface area contributed by atoms with Gasteiger partial charge in [0.05, 0.1) is 23.4 Å². The summed E-state index contributed by atoms with van der Waals surface area (Å²) in [5.74, 6) is -0.440. The van der Waals surface area contributed by atoms with Crippen molar-refractivity contribution in [2.24, 2.45) is 0 Å². The average Bonchev–Trinajstić information content (AvgIpc) is 2.42. The molecule has 0 fully saturated rings.